The van der Waals surface area contributed by atoms with Crippen molar-refractivity contribution in [1.29, 1.82) is 0 Å². The van der Waals surface area contributed by atoms with E-state index in [4.69, 9.17) is 16.3 Å². The maximum Gasteiger partial charge on any atom is 0.210 e. The van der Waals surface area contributed by atoms with Crippen molar-refractivity contribution in [3.63, 3.8) is 0 Å². The van der Waals surface area contributed by atoms with E-state index < -0.39 is 9.84 Å². The molecule has 36 heavy (non-hydrogen) atoms. The molecule has 5 nitrogen and oxygen atoms in total. The summed E-state index contributed by atoms with van der Waals surface area (Å²) in [4.78, 5) is 5.15. The average molecular weight is 525 g/mol. The van der Waals surface area contributed by atoms with Crippen LogP contribution in [0.3, 0.4) is 0 Å². The number of methoxy groups -OCH3 is 1. The van der Waals surface area contributed by atoms with Crippen molar-refractivity contribution in [2.75, 3.05) is 45.2 Å². The molecule has 2 aliphatic heterocycles. The Kier molecular flexibility index (Phi) is 7.29. The quantitative estimate of drug-likeness (QED) is 0.435. The first-order valence-electron chi connectivity index (χ1n) is 12.6. The summed E-state index contributed by atoms with van der Waals surface area (Å²) in [7, 11) is -0.0660. The van der Waals surface area contributed by atoms with E-state index in [0.29, 0.717) is 16.6 Å². The smallest absolute Gasteiger partial charge is 0.210 e. The van der Waals surface area contributed by atoms with Crippen molar-refractivity contribution in [2.45, 2.75) is 41.4 Å². The number of nitrogens with zero attached hydrogens (tertiary/aromatic N) is 2. The number of sulfone groups is 1. The van der Waals surface area contributed by atoms with Crippen molar-refractivity contribution in [3.8, 4) is 5.75 Å². The lowest BCUT2D eigenvalue weighted by atomic mass is 9.89. The fourth-order valence-electron chi connectivity index (χ4n) is 5.41. The van der Waals surface area contributed by atoms with Crippen LogP contribution < -0.4 is 9.64 Å². The van der Waals surface area contributed by atoms with Gasteiger partial charge < -0.3 is 14.5 Å². The molecule has 0 unspecified atom stereocenters. The summed E-state index contributed by atoms with van der Waals surface area (Å²) >= 11 is 6.18. The monoisotopic (exact) mass is 524 g/mol. The Hall–Kier alpha value is -2.54. The third kappa shape index (κ3) is 5.13. The zero-order valence-electron chi connectivity index (χ0n) is 20.9. The Morgan fingerprint density at radius 2 is 1.56 bits per heavy atom. The van der Waals surface area contributed by atoms with Gasteiger partial charge >= 0.3 is 0 Å². The van der Waals surface area contributed by atoms with Crippen LogP contribution >= 0.6 is 11.6 Å². The van der Waals surface area contributed by atoms with Crippen LogP contribution in [-0.4, -0.2) is 53.7 Å². The number of rotatable bonds is 5. The molecule has 1 fully saturated rings. The van der Waals surface area contributed by atoms with E-state index in [9.17, 15) is 8.42 Å². The topological polar surface area (TPSA) is 49.9 Å². The Balaban J connectivity index is 1.34. The van der Waals surface area contributed by atoms with Crippen LogP contribution in [-0.2, 0) is 22.7 Å². The molecule has 0 N–H and O–H groups in total. The highest BCUT2D eigenvalue weighted by Gasteiger charge is 2.26. The lowest BCUT2D eigenvalue weighted by Crippen LogP contribution is -2.32. The maximum atomic E-state index is 13.6. The van der Waals surface area contributed by atoms with Crippen LogP contribution in [0.2, 0.25) is 5.02 Å². The Bertz CT molecular complexity index is 1330. The molecule has 2 aliphatic rings. The Morgan fingerprint density at radius 1 is 0.889 bits per heavy atom. The van der Waals surface area contributed by atoms with Gasteiger partial charge in [0.25, 0.3) is 0 Å². The number of halogens is 1. The molecular weight excluding hydrogens is 492 g/mol. The summed E-state index contributed by atoms with van der Waals surface area (Å²) in [5.74, 6) is 0.922. The summed E-state index contributed by atoms with van der Waals surface area (Å²) < 4.78 is 32.8. The minimum Gasteiger partial charge on any atom is -0.495 e. The SMILES string of the molecule is COc1cc2c(cc1S(=O)(=O)c1ccc(N3CCC(c4cccc(Cl)c4)CC3)cc1)CCN(C)CC2. The zero-order chi connectivity index (χ0) is 25.3. The van der Waals surface area contributed by atoms with Crippen LogP contribution in [0, 0.1) is 0 Å². The minimum absolute atomic E-state index is 0.253. The summed E-state index contributed by atoms with van der Waals surface area (Å²) in [5.41, 5.74) is 4.62. The van der Waals surface area contributed by atoms with Gasteiger partial charge in [-0.1, -0.05) is 23.7 Å². The molecule has 3 aromatic rings. The highest BCUT2D eigenvalue weighted by Crippen LogP contribution is 2.35. The molecule has 0 saturated carbocycles. The molecule has 190 valence electrons. The molecule has 0 aliphatic carbocycles. The number of hydrogen-bond donors (Lipinski definition) is 0. The van der Waals surface area contributed by atoms with Gasteiger partial charge in [0.15, 0.2) is 0 Å². The van der Waals surface area contributed by atoms with Gasteiger partial charge in [-0.3, -0.25) is 0 Å². The summed E-state index contributed by atoms with van der Waals surface area (Å²) in [6, 6.07) is 19.2. The lowest BCUT2D eigenvalue weighted by Gasteiger charge is -2.34. The number of piperidine rings is 1. The number of anilines is 1. The standard InChI is InChI=1S/C29H33ClN2O3S/c1-31-14-10-23-19-28(35-2)29(20-24(23)11-15-31)36(33,34)27-8-6-26(7-9-27)32-16-12-21(13-17-32)22-4-3-5-25(30)18-22/h3-9,18-21H,10-17H2,1-2H3. The molecule has 0 spiro atoms. The van der Waals surface area contributed by atoms with Crippen molar-refractivity contribution < 1.29 is 13.2 Å². The van der Waals surface area contributed by atoms with Crippen molar-refractivity contribution in [1.82, 2.24) is 4.90 Å². The second-order valence-corrected chi connectivity index (χ2v) is 12.2. The van der Waals surface area contributed by atoms with Gasteiger partial charge in [-0.05, 0) is 104 Å². The first kappa shape index (κ1) is 25.1. The molecule has 0 aromatic heterocycles. The lowest BCUT2D eigenvalue weighted by molar-refractivity contribution is 0.352. The molecule has 1 saturated heterocycles. The van der Waals surface area contributed by atoms with E-state index in [0.717, 1.165) is 68.1 Å². The van der Waals surface area contributed by atoms with E-state index in [1.54, 1.807) is 19.2 Å². The third-order valence-corrected chi connectivity index (χ3v) is 9.65. The second-order valence-electron chi connectivity index (χ2n) is 9.89. The highest BCUT2D eigenvalue weighted by molar-refractivity contribution is 7.91. The van der Waals surface area contributed by atoms with E-state index in [2.05, 4.69) is 29.0 Å². The number of fused-ring (bicyclic) bond motifs is 1. The van der Waals surface area contributed by atoms with Gasteiger partial charge in [0.2, 0.25) is 9.84 Å². The molecule has 0 atom stereocenters. The maximum absolute atomic E-state index is 13.6. The van der Waals surface area contributed by atoms with E-state index in [1.807, 2.05) is 36.4 Å². The highest BCUT2D eigenvalue weighted by atomic mass is 35.5. The first-order chi connectivity index (χ1) is 17.3. The fraction of sp³-hybridized carbons (Fsp3) is 0.379. The van der Waals surface area contributed by atoms with E-state index in [1.165, 1.54) is 11.1 Å². The van der Waals surface area contributed by atoms with Crippen molar-refractivity contribution in [3.05, 3.63) is 82.4 Å². The molecule has 0 bridgehead atoms. The second kappa shape index (κ2) is 10.4. The molecule has 0 radical (unpaired) electrons. The van der Waals surface area contributed by atoms with Crippen LogP contribution in [0.1, 0.15) is 35.4 Å². The summed E-state index contributed by atoms with van der Waals surface area (Å²) in [6.45, 7) is 3.73. The molecule has 3 aromatic carbocycles. The van der Waals surface area contributed by atoms with Crippen LogP contribution in [0.15, 0.2) is 70.5 Å². The van der Waals surface area contributed by atoms with Gasteiger partial charge in [0, 0.05) is 36.9 Å². The van der Waals surface area contributed by atoms with E-state index >= 15 is 0 Å². The molecular formula is C29H33ClN2O3S. The van der Waals surface area contributed by atoms with Crippen molar-refractivity contribution in [2.24, 2.45) is 0 Å². The molecule has 5 rings (SSSR count). The summed E-state index contributed by atoms with van der Waals surface area (Å²) in [5, 5.41) is 0.783. The number of benzene rings is 3. The van der Waals surface area contributed by atoms with Crippen LogP contribution in [0.25, 0.3) is 0 Å². The first-order valence-corrected chi connectivity index (χ1v) is 14.4. The third-order valence-electron chi connectivity index (χ3n) is 7.63. The van der Waals surface area contributed by atoms with Gasteiger partial charge in [-0.25, -0.2) is 8.42 Å². The predicted octanol–water partition coefficient (Wildman–Crippen LogP) is 5.60. The van der Waals surface area contributed by atoms with Gasteiger partial charge in [-0.2, -0.15) is 0 Å². The Labute approximate surface area is 219 Å². The van der Waals surface area contributed by atoms with Crippen LogP contribution in [0.5, 0.6) is 5.75 Å². The molecule has 2 heterocycles. The largest absolute Gasteiger partial charge is 0.495 e. The number of ether oxygens (including phenoxy) is 1. The van der Waals surface area contributed by atoms with Gasteiger partial charge in [0.05, 0.1) is 12.0 Å². The zero-order valence-corrected chi connectivity index (χ0v) is 22.5. The number of hydrogen-bond acceptors (Lipinski definition) is 5. The fourth-order valence-corrected chi connectivity index (χ4v) is 7.06. The van der Waals surface area contributed by atoms with Gasteiger partial charge in [-0.15, -0.1) is 0 Å². The minimum atomic E-state index is -3.71. The van der Waals surface area contributed by atoms with Gasteiger partial charge in [0.1, 0.15) is 10.6 Å². The Morgan fingerprint density at radius 3 is 2.19 bits per heavy atom. The normalized spacial score (nSPS) is 17.5. The average Bonchev–Trinajstić information content (AvgIpc) is 3.09. The number of likely N-dealkylation sites (N-methyl/N-ethyl adjacent to an activating group) is 1. The summed E-state index contributed by atoms with van der Waals surface area (Å²) in [6.07, 6.45) is 3.82. The van der Waals surface area contributed by atoms with Crippen molar-refractivity contribution >= 4 is 27.1 Å². The molecule has 0 amide bonds. The molecule has 7 heteroatoms. The predicted molar refractivity (Wildman–Crippen MR) is 145 cm³/mol. The van der Waals surface area contributed by atoms with E-state index in [-0.39, 0.29) is 4.90 Å². The van der Waals surface area contributed by atoms with Crippen LogP contribution in [0.4, 0.5) is 5.69 Å².